The average Bonchev–Trinajstić information content (AvgIpc) is 3.07. The lowest BCUT2D eigenvalue weighted by molar-refractivity contribution is -0.139. The van der Waals surface area contributed by atoms with Crippen molar-refractivity contribution in [2.24, 2.45) is 0 Å². The van der Waals surface area contributed by atoms with Crippen molar-refractivity contribution in [2.75, 3.05) is 59.6 Å². The quantitative estimate of drug-likeness (QED) is 0.427. The number of methoxy groups -OCH3 is 1. The van der Waals surface area contributed by atoms with Gasteiger partial charge in [-0.2, -0.15) is 0 Å². The molecule has 2 aliphatic heterocycles. The minimum absolute atomic E-state index is 0.0365. The number of rotatable bonds is 9. The summed E-state index contributed by atoms with van der Waals surface area (Å²) in [6.45, 7) is 11.0. The van der Waals surface area contributed by atoms with E-state index in [-0.39, 0.29) is 31.7 Å². The second-order valence-corrected chi connectivity index (χ2v) is 8.72. The van der Waals surface area contributed by atoms with Crippen LogP contribution in [0.5, 0.6) is 0 Å². The molecule has 1 aromatic carbocycles. The Kier molecular flexibility index (Phi) is 9.45. The Labute approximate surface area is 207 Å². The van der Waals surface area contributed by atoms with Gasteiger partial charge in [-0.15, -0.1) is 6.58 Å². The number of aryl methyl sites for hydroxylation is 1. The zero-order valence-corrected chi connectivity index (χ0v) is 20.9. The summed E-state index contributed by atoms with van der Waals surface area (Å²) in [5.74, 6) is -0.486. The van der Waals surface area contributed by atoms with Gasteiger partial charge < -0.3 is 19.7 Å². The molecule has 190 valence electrons. The fourth-order valence-electron chi connectivity index (χ4n) is 4.55. The first kappa shape index (κ1) is 26.4. The number of benzene rings is 1. The molecule has 1 saturated heterocycles. The first-order chi connectivity index (χ1) is 16.9. The fraction of sp³-hybridized carbons (Fsp3) is 0.500. The van der Waals surface area contributed by atoms with E-state index < -0.39 is 12.0 Å². The largest absolute Gasteiger partial charge is 0.463 e. The van der Waals surface area contributed by atoms with Crippen LogP contribution in [-0.2, 0) is 19.1 Å². The van der Waals surface area contributed by atoms with E-state index in [0.717, 1.165) is 24.1 Å². The van der Waals surface area contributed by atoms with Crippen LogP contribution in [0.1, 0.15) is 30.5 Å². The van der Waals surface area contributed by atoms with Crippen molar-refractivity contribution in [2.45, 2.75) is 26.3 Å². The van der Waals surface area contributed by atoms with Gasteiger partial charge in [0.2, 0.25) is 5.91 Å². The van der Waals surface area contributed by atoms with Crippen molar-refractivity contribution in [1.29, 1.82) is 0 Å². The molecule has 1 N–H and O–H groups in total. The van der Waals surface area contributed by atoms with Gasteiger partial charge in [0.15, 0.2) is 0 Å². The van der Waals surface area contributed by atoms with Crippen LogP contribution in [0.4, 0.5) is 4.79 Å². The van der Waals surface area contributed by atoms with Crippen LogP contribution in [0.25, 0.3) is 0 Å². The van der Waals surface area contributed by atoms with Gasteiger partial charge in [0, 0.05) is 52.1 Å². The lowest BCUT2D eigenvalue weighted by atomic mass is 9.93. The monoisotopic (exact) mass is 484 g/mol. The number of nitrogens with zero attached hydrogens (tertiary/aromatic N) is 3. The standard InChI is InChI=1S/C26H36N4O5/c1-5-11-30-21(17-28-12-8-13-29(15-14-28)22(31)18-34-4)23(25(32)35-6-2)24(27-26(30)33)20-10-7-9-19(3)16-20/h5,7,9-10,16,24H,1,6,8,11-15,17-18H2,2-4H3,(H,27,33). The van der Waals surface area contributed by atoms with Crippen molar-refractivity contribution in [3.8, 4) is 0 Å². The molecule has 1 unspecified atom stereocenters. The van der Waals surface area contributed by atoms with Gasteiger partial charge in [-0.25, -0.2) is 9.59 Å². The first-order valence-electron chi connectivity index (χ1n) is 12.0. The van der Waals surface area contributed by atoms with Crippen LogP contribution in [0.2, 0.25) is 0 Å². The number of amides is 3. The highest BCUT2D eigenvalue weighted by Crippen LogP contribution is 2.32. The minimum atomic E-state index is -0.621. The van der Waals surface area contributed by atoms with E-state index >= 15 is 0 Å². The summed E-state index contributed by atoms with van der Waals surface area (Å²) in [7, 11) is 1.51. The van der Waals surface area contributed by atoms with E-state index in [2.05, 4.69) is 16.8 Å². The van der Waals surface area contributed by atoms with E-state index in [1.165, 1.54) is 7.11 Å². The normalized spacial score (nSPS) is 19.3. The van der Waals surface area contributed by atoms with Gasteiger partial charge in [-0.3, -0.25) is 14.6 Å². The highest BCUT2D eigenvalue weighted by molar-refractivity contribution is 5.95. The molecule has 35 heavy (non-hydrogen) atoms. The van der Waals surface area contributed by atoms with E-state index in [0.29, 0.717) is 37.4 Å². The molecule has 0 radical (unpaired) electrons. The first-order valence-corrected chi connectivity index (χ1v) is 12.0. The Hall–Kier alpha value is -3.17. The third-order valence-corrected chi connectivity index (χ3v) is 6.20. The van der Waals surface area contributed by atoms with E-state index in [1.54, 1.807) is 22.8 Å². The highest BCUT2D eigenvalue weighted by atomic mass is 16.5. The lowest BCUT2D eigenvalue weighted by Gasteiger charge is -2.38. The summed E-state index contributed by atoms with van der Waals surface area (Å²) in [5, 5.41) is 3.00. The molecule has 9 heteroatoms. The fourth-order valence-corrected chi connectivity index (χ4v) is 4.55. The van der Waals surface area contributed by atoms with Crippen molar-refractivity contribution >= 4 is 17.9 Å². The number of ether oxygens (including phenoxy) is 2. The van der Waals surface area contributed by atoms with E-state index in [4.69, 9.17) is 9.47 Å². The van der Waals surface area contributed by atoms with Crippen LogP contribution in [0.3, 0.4) is 0 Å². The van der Waals surface area contributed by atoms with Gasteiger partial charge in [-0.1, -0.05) is 35.9 Å². The summed E-state index contributed by atoms with van der Waals surface area (Å²) >= 11 is 0. The average molecular weight is 485 g/mol. The van der Waals surface area contributed by atoms with Gasteiger partial charge in [0.25, 0.3) is 0 Å². The highest BCUT2D eigenvalue weighted by Gasteiger charge is 2.38. The molecule has 0 saturated carbocycles. The molecule has 2 heterocycles. The third-order valence-electron chi connectivity index (χ3n) is 6.20. The van der Waals surface area contributed by atoms with Gasteiger partial charge in [-0.05, 0) is 25.8 Å². The molecule has 3 rings (SSSR count). The second-order valence-electron chi connectivity index (χ2n) is 8.72. The predicted octanol–water partition coefficient (Wildman–Crippen LogP) is 2.25. The number of urea groups is 1. The molecule has 1 aromatic rings. The molecular weight excluding hydrogens is 448 g/mol. The number of esters is 1. The smallest absolute Gasteiger partial charge is 0.338 e. The molecule has 1 atom stereocenters. The Morgan fingerprint density at radius 2 is 2.03 bits per heavy atom. The Morgan fingerprint density at radius 1 is 1.23 bits per heavy atom. The minimum Gasteiger partial charge on any atom is -0.463 e. The molecule has 0 bridgehead atoms. The molecule has 1 fully saturated rings. The Bertz CT molecular complexity index is 976. The molecule has 0 spiro atoms. The van der Waals surface area contributed by atoms with Crippen LogP contribution < -0.4 is 5.32 Å². The molecule has 0 aliphatic carbocycles. The van der Waals surface area contributed by atoms with E-state index in [1.807, 2.05) is 31.2 Å². The van der Waals surface area contributed by atoms with Crippen LogP contribution in [0, 0.1) is 6.92 Å². The maximum atomic E-state index is 13.3. The van der Waals surface area contributed by atoms with Crippen LogP contribution in [-0.4, -0.2) is 92.2 Å². The van der Waals surface area contributed by atoms with Crippen LogP contribution in [0.15, 0.2) is 48.2 Å². The summed E-state index contributed by atoms with van der Waals surface area (Å²) in [5.41, 5.74) is 2.89. The topological polar surface area (TPSA) is 91.4 Å². The van der Waals surface area contributed by atoms with Gasteiger partial charge >= 0.3 is 12.0 Å². The molecule has 2 aliphatic rings. The SMILES string of the molecule is C=CCN1C(=O)NC(c2cccc(C)c2)C(C(=O)OCC)=C1CN1CCCN(C(=O)COC)CC1. The maximum absolute atomic E-state index is 13.3. The van der Waals surface area contributed by atoms with Crippen LogP contribution >= 0.6 is 0 Å². The second kappa shape index (κ2) is 12.5. The Balaban J connectivity index is 1.99. The maximum Gasteiger partial charge on any atom is 0.338 e. The number of carbonyl (C=O) groups is 3. The summed E-state index contributed by atoms with van der Waals surface area (Å²) in [6.07, 6.45) is 2.43. The zero-order valence-electron chi connectivity index (χ0n) is 20.9. The summed E-state index contributed by atoms with van der Waals surface area (Å²) < 4.78 is 10.5. The number of nitrogens with one attached hydrogen (secondary N) is 1. The van der Waals surface area contributed by atoms with Crippen molar-refractivity contribution < 1.29 is 23.9 Å². The third kappa shape index (κ3) is 6.49. The van der Waals surface area contributed by atoms with Crippen molar-refractivity contribution in [3.63, 3.8) is 0 Å². The molecule has 9 nitrogen and oxygen atoms in total. The lowest BCUT2D eigenvalue weighted by Crippen LogP contribution is -2.51. The van der Waals surface area contributed by atoms with Gasteiger partial charge in [0.1, 0.15) is 6.61 Å². The number of hydrogen-bond donors (Lipinski definition) is 1. The van der Waals surface area contributed by atoms with E-state index in [9.17, 15) is 14.4 Å². The summed E-state index contributed by atoms with van der Waals surface area (Å²) in [6, 6.07) is 6.85. The predicted molar refractivity (Wildman–Crippen MR) is 133 cm³/mol. The number of hydrogen-bond acceptors (Lipinski definition) is 6. The van der Waals surface area contributed by atoms with Crippen molar-refractivity contribution in [3.05, 3.63) is 59.3 Å². The summed E-state index contributed by atoms with van der Waals surface area (Å²) in [4.78, 5) is 44.3. The molecule has 3 amide bonds. The Morgan fingerprint density at radius 3 is 2.71 bits per heavy atom. The molecule has 0 aromatic heterocycles. The van der Waals surface area contributed by atoms with Crippen molar-refractivity contribution in [1.82, 2.24) is 20.0 Å². The zero-order chi connectivity index (χ0) is 25.4. The van der Waals surface area contributed by atoms with Gasteiger partial charge in [0.05, 0.1) is 18.2 Å². The number of carbonyl (C=O) groups excluding carboxylic acids is 3. The molecular formula is C26H36N4O5.